The molecule has 1 aliphatic carbocycles. The minimum absolute atomic E-state index is 0.136. The molecule has 5 aromatic rings. The van der Waals surface area contributed by atoms with Gasteiger partial charge in [-0.25, -0.2) is 19.2 Å². The molecule has 46 heavy (non-hydrogen) atoms. The number of nitrogens with zero attached hydrogens (tertiary/aromatic N) is 4. The van der Waals surface area contributed by atoms with E-state index in [2.05, 4.69) is 35.8 Å². The molecule has 3 aliphatic rings. The third kappa shape index (κ3) is 5.40. The molecule has 2 aromatic heterocycles. The standard InChI is InChI=1S/C35H34FN7O3/c36-24-5-8-30(27(15-24)25-6-4-23(32(37)44)14-26(25)22-2-3-22)46-31-16-38-20-39-33(31)43-12-10-35(19-43)9-11-42(18-35)17-21-1-7-28-29(13-21)41-34(45)40-28/h1,4-8,13-16,20,22H,2-3,9-12,17-19H2,(H2,37,44)(H2,40,41,45). The number of anilines is 1. The van der Waals surface area contributed by atoms with Gasteiger partial charge in [0.05, 0.1) is 17.2 Å². The van der Waals surface area contributed by atoms with Crippen LogP contribution >= 0.6 is 0 Å². The lowest BCUT2D eigenvalue weighted by Gasteiger charge is -2.26. The first-order chi connectivity index (χ1) is 22.3. The smallest absolute Gasteiger partial charge is 0.323 e. The van der Waals surface area contributed by atoms with E-state index in [0.717, 1.165) is 80.6 Å². The number of amides is 1. The number of aromatic nitrogens is 4. The maximum absolute atomic E-state index is 14.7. The van der Waals surface area contributed by atoms with Crippen LogP contribution in [0.4, 0.5) is 10.2 Å². The molecular formula is C35H34FN7O3. The van der Waals surface area contributed by atoms with E-state index < -0.39 is 5.91 Å². The van der Waals surface area contributed by atoms with Gasteiger partial charge in [0.1, 0.15) is 17.9 Å². The second kappa shape index (κ2) is 11.1. The van der Waals surface area contributed by atoms with E-state index in [4.69, 9.17) is 10.5 Å². The van der Waals surface area contributed by atoms with Gasteiger partial charge >= 0.3 is 5.69 Å². The first kappa shape index (κ1) is 28.4. The topological polar surface area (TPSA) is 133 Å². The number of hydrogen-bond acceptors (Lipinski definition) is 7. The van der Waals surface area contributed by atoms with Crippen molar-refractivity contribution in [2.24, 2.45) is 11.1 Å². The maximum Gasteiger partial charge on any atom is 0.323 e. The number of carbonyl (C=O) groups excluding carboxylic acids is 1. The Morgan fingerprint density at radius 2 is 1.83 bits per heavy atom. The summed E-state index contributed by atoms with van der Waals surface area (Å²) in [6.45, 7) is 4.48. The molecular weight excluding hydrogens is 585 g/mol. The molecule has 1 saturated carbocycles. The lowest BCUT2D eigenvalue weighted by atomic mass is 9.86. The second-order valence-electron chi connectivity index (χ2n) is 13.0. The van der Waals surface area contributed by atoms with E-state index in [-0.39, 0.29) is 16.9 Å². The van der Waals surface area contributed by atoms with E-state index in [1.807, 2.05) is 24.3 Å². The van der Waals surface area contributed by atoms with Crippen molar-refractivity contribution in [1.82, 2.24) is 24.8 Å². The molecule has 4 N–H and O–H groups in total. The molecule has 0 bridgehead atoms. The Hall–Kier alpha value is -5.03. The largest absolute Gasteiger partial charge is 0.451 e. The molecule has 1 unspecified atom stereocenters. The van der Waals surface area contributed by atoms with Crippen LogP contribution in [0.15, 0.2) is 71.9 Å². The highest BCUT2D eigenvalue weighted by atomic mass is 19.1. The average molecular weight is 620 g/mol. The van der Waals surface area contributed by atoms with Gasteiger partial charge in [-0.05, 0) is 97.3 Å². The van der Waals surface area contributed by atoms with E-state index in [1.54, 1.807) is 18.3 Å². The van der Waals surface area contributed by atoms with Gasteiger partial charge in [-0.15, -0.1) is 0 Å². The fourth-order valence-electron chi connectivity index (χ4n) is 7.28. The SMILES string of the molecule is NC(=O)c1ccc(-c2cc(F)ccc2Oc2cncnc2N2CCC3(CCN(Cc4ccc5[nH]c(=O)[nH]c5c4)C3)C2)c(C2CC2)c1. The highest BCUT2D eigenvalue weighted by Crippen LogP contribution is 2.48. The number of H-pyrrole nitrogens is 2. The summed E-state index contributed by atoms with van der Waals surface area (Å²) in [5.41, 5.74) is 11.2. The number of nitrogens with two attached hydrogens (primary N) is 1. The van der Waals surface area contributed by atoms with Gasteiger partial charge in [0.2, 0.25) is 5.91 Å². The second-order valence-corrected chi connectivity index (χ2v) is 13.0. The summed E-state index contributed by atoms with van der Waals surface area (Å²) in [5, 5.41) is 0. The molecule has 3 aromatic carbocycles. The van der Waals surface area contributed by atoms with Crippen LogP contribution in [0.2, 0.25) is 0 Å². The number of halogens is 1. The highest BCUT2D eigenvalue weighted by molar-refractivity contribution is 5.94. The number of nitrogens with one attached hydrogen (secondary N) is 2. The molecule has 1 atom stereocenters. The lowest BCUT2D eigenvalue weighted by Crippen LogP contribution is -2.31. The fraction of sp³-hybridized carbons (Fsp3) is 0.314. The number of primary amides is 1. The first-order valence-corrected chi connectivity index (χ1v) is 15.7. The summed E-state index contributed by atoms with van der Waals surface area (Å²) in [4.78, 5) is 42.9. The first-order valence-electron chi connectivity index (χ1n) is 15.7. The van der Waals surface area contributed by atoms with Crippen molar-refractivity contribution in [3.63, 3.8) is 0 Å². The van der Waals surface area contributed by atoms with Crippen molar-refractivity contribution in [3.05, 3.63) is 100 Å². The van der Waals surface area contributed by atoms with E-state index in [0.29, 0.717) is 34.4 Å². The lowest BCUT2D eigenvalue weighted by molar-refractivity contribution is 0.1000. The molecule has 4 heterocycles. The summed E-state index contributed by atoms with van der Waals surface area (Å²) in [6.07, 6.45) is 7.34. The number of ether oxygens (including phenoxy) is 1. The van der Waals surface area contributed by atoms with Crippen LogP contribution in [0.5, 0.6) is 11.5 Å². The Balaban J connectivity index is 1.02. The van der Waals surface area contributed by atoms with Crippen LogP contribution < -0.4 is 21.1 Å². The zero-order valence-corrected chi connectivity index (χ0v) is 25.3. The summed E-state index contributed by atoms with van der Waals surface area (Å²) >= 11 is 0. The molecule has 11 heteroatoms. The normalized spacial score (nSPS) is 19.8. The Labute approximate surface area is 264 Å². The van der Waals surface area contributed by atoms with Crippen molar-refractivity contribution in [2.75, 3.05) is 31.1 Å². The van der Waals surface area contributed by atoms with Crippen molar-refractivity contribution in [3.8, 4) is 22.6 Å². The number of imidazole rings is 1. The Morgan fingerprint density at radius 1 is 0.978 bits per heavy atom. The Kier molecular flexibility index (Phi) is 6.86. The van der Waals surface area contributed by atoms with Crippen molar-refractivity contribution in [1.29, 1.82) is 0 Å². The zero-order valence-electron chi connectivity index (χ0n) is 25.3. The molecule has 1 amide bonds. The van der Waals surface area contributed by atoms with Crippen LogP contribution in [0.25, 0.3) is 22.2 Å². The van der Waals surface area contributed by atoms with Gasteiger partial charge in [0, 0.05) is 42.7 Å². The van der Waals surface area contributed by atoms with Gasteiger partial charge in [-0.3, -0.25) is 9.69 Å². The molecule has 10 nitrogen and oxygen atoms in total. The summed E-state index contributed by atoms with van der Waals surface area (Å²) < 4.78 is 21.2. The minimum Gasteiger partial charge on any atom is -0.451 e. The molecule has 8 rings (SSSR count). The van der Waals surface area contributed by atoms with Crippen molar-refractivity contribution < 1.29 is 13.9 Å². The molecule has 3 fully saturated rings. The van der Waals surface area contributed by atoms with Gasteiger partial charge in [0.15, 0.2) is 11.6 Å². The predicted octanol–water partition coefficient (Wildman–Crippen LogP) is 5.32. The summed E-state index contributed by atoms with van der Waals surface area (Å²) in [7, 11) is 0. The number of benzene rings is 3. The molecule has 234 valence electrons. The van der Waals surface area contributed by atoms with Crippen LogP contribution in [0, 0.1) is 11.2 Å². The van der Waals surface area contributed by atoms with Crippen LogP contribution in [0.3, 0.4) is 0 Å². The predicted molar refractivity (Wildman–Crippen MR) is 173 cm³/mol. The van der Waals surface area contributed by atoms with E-state index in [1.165, 1.54) is 24.0 Å². The monoisotopic (exact) mass is 619 g/mol. The van der Waals surface area contributed by atoms with Crippen molar-refractivity contribution in [2.45, 2.75) is 38.1 Å². The van der Waals surface area contributed by atoms with Crippen LogP contribution in [-0.2, 0) is 6.54 Å². The quantitative estimate of drug-likeness (QED) is 0.214. The third-order valence-corrected chi connectivity index (χ3v) is 9.71. The number of hydrogen-bond donors (Lipinski definition) is 3. The van der Waals surface area contributed by atoms with Crippen molar-refractivity contribution >= 4 is 22.8 Å². The molecule has 1 spiro atoms. The Bertz CT molecular complexity index is 2040. The summed E-state index contributed by atoms with van der Waals surface area (Å²) in [6, 6.07) is 15.9. The number of aromatic amines is 2. The van der Waals surface area contributed by atoms with Gasteiger partial charge < -0.3 is 25.3 Å². The third-order valence-electron chi connectivity index (χ3n) is 9.71. The average Bonchev–Trinajstić information content (AvgIpc) is 3.55. The Morgan fingerprint density at radius 3 is 2.67 bits per heavy atom. The number of carbonyl (C=O) groups is 1. The minimum atomic E-state index is -0.486. The van der Waals surface area contributed by atoms with E-state index >= 15 is 0 Å². The van der Waals surface area contributed by atoms with Gasteiger partial charge in [-0.1, -0.05) is 12.1 Å². The fourth-order valence-corrected chi connectivity index (χ4v) is 7.28. The van der Waals surface area contributed by atoms with Crippen LogP contribution in [-0.4, -0.2) is 56.9 Å². The number of likely N-dealkylation sites (tertiary alicyclic amines) is 1. The number of rotatable bonds is 8. The maximum atomic E-state index is 14.7. The van der Waals surface area contributed by atoms with Gasteiger partial charge in [-0.2, -0.15) is 0 Å². The number of fused-ring (bicyclic) bond motifs is 1. The zero-order chi connectivity index (χ0) is 31.4. The highest BCUT2D eigenvalue weighted by Gasteiger charge is 2.44. The molecule has 2 aliphatic heterocycles. The molecule has 2 saturated heterocycles. The van der Waals surface area contributed by atoms with Gasteiger partial charge in [0.25, 0.3) is 0 Å². The summed E-state index contributed by atoms with van der Waals surface area (Å²) in [5.74, 6) is 1.16. The van der Waals surface area contributed by atoms with E-state index in [9.17, 15) is 14.0 Å². The van der Waals surface area contributed by atoms with Crippen LogP contribution in [0.1, 0.15) is 53.1 Å². The molecule has 0 radical (unpaired) electrons.